The largest absolute Gasteiger partial charge is 0.497 e. The summed E-state index contributed by atoms with van der Waals surface area (Å²) in [4.78, 5) is 31.0. The van der Waals surface area contributed by atoms with Gasteiger partial charge in [-0.2, -0.15) is 0 Å². The van der Waals surface area contributed by atoms with E-state index in [2.05, 4.69) is 23.6 Å². The van der Waals surface area contributed by atoms with Crippen molar-refractivity contribution in [1.82, 2.24) is 14.7 Å². The maximum Gasteiger partial charge on any atom is 0.247 e. The molecule has 7 nitrogen and oxygen atoms in total. The number of nitrogens with zero attached hydrogens (tertiary/aromatic N) is 3. The molecule has 1 aromatic rings. The summed E-state index contributed by atoms with van der Waals surface area (Å²) in [6, 6.07) is 7.32. The molecule has 2 amide bonds. The van der Waals surface area contributed by atoms with Gasteiger partial charge in [-0.05, 0) is 36.6 Å². The summed E-state index contributed by atoms with van der Waals surface area (Å²) in [5, 5.41) is 0. The molecular formula is C22H33N3O4. The van der Waals surface area contributed by atoms with Gasteiger partial charge in [0.25, 0.3) is 0 Å². The lowest BCUT2D eigenvalue weighted by molar-refractivity contribution is -0.140. The first kappa shape index (κ1) is 21.6. The topological polar surface area (TPSA) is 62.3 Å². The smallest absolute Gasteiger partial charge is 0.247 e. The molecule has 2 heterocycles. The van der Waals surface area contributed by atoms with Crippen molar-refractivity contribution < 1.29 is 19.1 Å². The fourth-order valence-electron chi connectivity index (χ4n) is 3.84. The molecule has 29 heavy (non-hydrogen) atoms. The van der Waals surface area contributed by atoms with E-state index in [1.807, 2.05) is 24.3 Å². The maximum absolute atomic E-state index is 12.7. The Morgan fingerprint density at radius 1 is 1.00 bits per heavy atom. The third-order valence-corrected chi connectivity index (χ3v) is 5.73. The van der Waals surface area contributed by atoms with Crippen molar-refractivity contribution in [3.05, 3.63) is 24.3 Å². The predicted molar refractivity (Wildman–Crippen MR) is 111 cm³/mol. The van der Waals surface area contributed by atoms with Crippen molar-refractivity contribution in [2.45, 2.75) is 32.7 Å². The highest BCUT2D eigenvalue weighted by molar-refractivity contribution is 6.05. The first-order valence-corrected chi connectivity index (χ1v) is 10.6. The van der Waals surface area contributed by atoms with Crippen LogP contribution in [0.3, 0.4) is 0 Å². The van der Waals surface area contributed by atoms with Crippen LogP contribution in [0, 0.1) is 5.92 Å². The molecule has 3 rings (SSSR count). The van der Waals surface area contributed by atoms with Crippen LogP contribution < -0.4 is 9.47 Å². The summed E-state index contributed by atoms with van der Waals surface area (Å²) in [5.74, 6) is 2.11. The predicted octanol–water partition coefficient (Wildman–Crippen LogP) is 1.87. The number of carbonyl (C=O) groups excluding carboxylic acids is 2. The van der Waals surface area contributed by atoms with E-state index in [1.54, 1.807) is 7.11 Å². The number of likely N-dealkylation sites (tertiary alicyclic amines) is 1. The average Bonchev–Trinajstić information content (AvgIpc) is 3.01. The van der Waals surface area contributed by atoms with Gasteiger partial charge in [-0.1, -0.05) is 13.8 Å². The highest BCUT2D eigenvalue weighted by Crippen LogP contribution is 2.21. The van der Waals surface area contributed by atoms with Gasteiger partial charge in [0, 0.05) is 39.3 Å². The molecule has 160 valence electrons. The van der Waals surface area contributed by atoms with Gasteiger partial charge < -0.3 is 9.47 Å². The zero-order valence-corrected chi connectivity index (χ0v) is 17.8. The van der Waals surface area contributed by atoms with Crippen LogP contribution in [0.5, 0.6) is 11.5 Å². The molecule has 2 fully saturated rings. The number of piperazine rings is 1. The lowest BCUT2D eigenvalue weighted by atomic mass is 10.1. The van der Waals surface area contributed by atoms with E-state index in [0.717, 1.165) is 50.6 Å². The number of ether oxygens (including phenoxy) is 2. The summed E-state index contributed by atoms with van der Waals surface area (Å²) >= 11 is 0. The van der Waals surface area contributed by atoms with E-state index in [0.29, 0.717) is 25.5 Å². The summed E-state index contributed by atoms with van der Waals surface area (Å²) < 4.78 is 11.0. The molecule has 0 saturated carbocycles. The van der Waals surface area contributed by atoms with Gasteiger partial charge in [0.15, 0.2) is 0 Å². The van der Waals surface area contributed by atoms with Crippen molar-refractivity contribution >= 4 is 11.8 Å². The first-order chi connectivity index (χ1) is 14.0. The zero-order chi connectivity index (χ0) is 20.8. The molecule has 2 saturated heterocycles. The second-order valence-electron chi connectivity index (χ2n) is 8.19. The Hall–Kier alpha value is -2.12. The number of methoxy groups -OCH3 is 1. The highest BCUT2D eigenvalue weighted by atomic mass is 16.5. The van der Waals surface area contributed by atoms with Crippen LogP contribution in [-0.2, 0) is 9.59 Å². The zero-order valence-electron chi connectivity index (χ0n) is 17.8. The molecule has 1 aromatic carbocycles. The van der Waals surface area contributed by atoms with Crippen LogP contribution in [0.15, 0.2) is 24.3 Å². The van der Waals surface area contributed by atoms with E-state index < -0.39 is 0 Å². The van der Waals surface area contributed by atoms with Gasteiger partial charge in [0.05, 0.1) is 19.6 Å². The molecule has 0 aromatic heterocycles. The second-order valence-corrected chi connectivity index (χ2v) is 8.19. The molecule has 0 N–H and O–H groups in total. The van der Waals surface area contributed by atoms with Crippen molar-refractivity contribution in [2.24, 2.45) is 5.92 Å². The number of imide groups is 1. The summed E-state index contributed by atoms with van der Waals surface area (Å²) in [7, 11) is 1.65. The molecular weight excluding hydrogens is 370 g/mol. The third kappa shape index (κ3) is 5.70. The second kappa shape index (κ2) is 10.1. The van der Waals surface area contributed by atoms with Gasteiger partial charge in [0.2, 0.25) is 11.8 Å². The Morgan fingerprint density at radius 3 is 2.28 bits per heavy atom. The molecule has 0 spiro atoms. The van der Waals surface area contributed by atoms with E-state index in [4.69, 9.17) is 9.47 Å². The van der Waals surface area contributed by atoms with Crippen LogP contribution in [0.4, 0.5) is 0 Å². The van der Waals surface area contributed by atoms with Crippen molar-refractivity contribution in [2.75, 3.05) is 53.0 Å². The van der Waals surface area contributed by atoms with Crippen LogP contribution in [-0.4, -0.2) is 85.5 Å². The number of hydrogen-bond donors (Lipinski definition) is 0. The van der Waals surface area contributed by atoms with Crippen molar-refractivity contribution in [3.63, 3.8) is 0 Å². The summed E-state index contributed by atoms with van der Waals surface area (Å²) in [6.07, 6.45) is 1.20. The van der Waals surface area contributed by atoms with Crippen LogP contribution in [0.2, 0.25) is 0 Å². The molecule has 2 aliphatic rings. The number of rotatable bonds is 9. The maximum atomic E-state index is 12.7. The Labute approximate surface area is 173 Å². The SMILES string of the molecule is COc1ccc(OCCN2CCN([C@@H]3CC(=O)N(CCC(C)C)C3=O)CC2)cc1. The quantitative estimate of drug-likeness (QED) is 0.587. The van der Waals surface area contributed by atoms with Crippen molar-refractivity contribution in [3.8, 4) is 11.5 Å². The molecule has 1 atom stereocenters. The normalized spacial score (nSPS) is 21.2. The van der Waals surface area contributed by atoms with Crippen LogP contribution in [0.1, 0.15) is 26.7 Å². The molecule has 2 aliphatic heterocycles. The van der Waals surface area contributed by atoms with E-state index in [1.165, 1.54) is 4.90 Å². The standard InChI is InChI=1S/C22H33N3O4/c1-17(2)8-9-25-21(26)16-20(22(25)27)24-12-10-23(11-13-24)14-15-29-19-6-4-18(28-3)5-7-19/h4-7,17,20H,8-16H2,1-3H3/t20-/m1/s1. The Morgan fingerprint density at radius 2 is 1.66 bits per heavy atom. The van der Waals surface area contributed by atoms with Gasteiger partial charge in [-0.25, -0.2) is 0 Å². The van der Waals surface area contributed by atoms with Gasteiger partial charge in [-0.3, -0.25) is 24.3 Å². The Balaban J connectivity index is 1.39. The number of benzene rings is 1. The highest BCUT2D eigenvalue weighted by Gasteiger charge is 2.42. The number of amides is 2. The molecule has 0 bridgehead atoms. The van der Waals surface area contributed by atoms with E-state index >= 15 is 0 Å². The number of carbonyl (C=O) groups is 2. The van der Waals surface area contributed by atoms with Crippen molar-refractivity contribution in [1.29, 1.82) is 0 Å². The molecule has 0 aliphatic carbocycles. The molecule has 0 unspecified atom stereocenters. The fraction of sp³-hybridized carbons (Fsp3) is 0.636. The lowest BCUT2D eigenvalue weighted by Gasteiger charge is -2.36. The van der Waals surface area contributed by atoms with E-state index in [9.17, 15) is 9.59 Å². The number of hydrogen-bond acceptors (Lipinski definition) is 6. The minimum absolute atomic E-state index is 0.00746. The van der Waals surface area contributed by atoms with Gasteiger partial charge in [-0.15, -0.1) is 0 Å². The average molecular weight is 404 g/mol. The summed E-state index contributed by atoms with van der Waals surface area (Å²) in [6.45, 7) is 9.63. The van der Waals surface area contributed by atoms with E-state index in [-0.39, 0.29) is 17.9 Å². The monoisotopic (exact) mass is 403 g/mol. The lowest BCUT2D eigenvalue weighted by Crippen LogP contribution is -2.53. The summed E-state index contributed by atoms with van der Waals surface area (Å²) in [5.41, 5.74) is 0. The van der Waals surface area contributed by atoms with Crippen LogP contribution >= 0.6 is 0 Å². The molecule has 0 radical (unpaired) electrons. The first-order valence-electron chi connectivity index (χ1n) is 10.6. The Bertz CT molecular complexity index is 684. The fourth-order valence-corrected chi connectivity index (χ4v) is 3.84. The minimum atomic E-state index is -0.271. The van der Waals surface area contributed by atoms with Crippen LogP contribution in [0.25, 0.3) is 0 Å². The van der Waals surface area contributed by atoms with Gasteiger partial charge >= 0.3 is 0 Å². The Kier molecular flexibility index (Phi) is 7.50. The molecule has 7 heteroatoms. The third-order valence-electron chi connectivity index (χ3n) is 5.73. The van der Waals surface area contributed by atoms with Gasteiger partial charge in [0.1, 0.15) is 18.1 Å². The minimum Gasteiger partial charge on any atom is -0.497 e.